The number of thiophene rings is 1. The predicted molar refractivity (Wildman–Crippen MR) is 90.0 cm³/mol. The van der Waals surface area contributed by atoms with Gasteiger partial charge in [-0.3, -0.25) is 4.79 Å². The van der Waals surface area contributed by atoms with Gasteiger partial charge in [-0.25, -0.2) is 0 Å². The van der Waals surface area contributed by atoms with Gasteiger partial charge in [-0.1, -0.05) is 29.8 Å². The number of pyridine rings is 1. The second kappa shape index (κ2) is 5.63. The van der Waals surface area contributed by atoms with Gasteiger partial charge in [0.05, 0.1) is 10.6 Å². The molecule has 0 bridgehead atoms. The summed E-state index contributed by atoms with van der Waals surface area (Å²) in [5, 5.41) is 11.3. The highest BCUT2D eigenvalue weighted by molar-refractivity contribution is 7.13. The Morgan fingerprint density at radius 1 is 1.14 bits per heavy atom. The topological polar surface area (TPSA) is 56.6 Å². The molecule has 22 heavy (non-hydrogen) atoms. The Kier molecular flexibility index (Phi) is 3.66. The van der Waals surface area contributed by atoms with Gasteiger partial charge in [-0.05, 0) is 42.5 Å². The molecule has 3 rings (SSSR count). The first-order chi connectivity index (χ1) is 10.6. The number of nitrogens with zero attached hydrogens (tertiary/aromatic N) is 1. The zero-order valence-electron chi connectivity index (χ0n) is 12.3. The molecule has 1 N–H and O–H groups in total. The summed E-state index contributed by atoms with van der Waals surface area (Å²) in [6.45, 7) is 4.02. The summed E-state index contributed by atoms with van der Waals surface area (Å²) >= 11 is 1.56. The molecule has 3 nitrogen and oxygen atoms in total. The minimum absolute atomic E-state index is 0.159. The molecule has 0 amide bonds. The lowest BCUT2D eigenvalue weighted by Crippen LogP contribution is -2.12. The molecule has 1 aromatic carbocycles. The van der Waals surface area contributed by atoms with Crippen molar-refractivity contribution in [3.05, 3.63) is 68.8 Å². The van der Waals surface area contributed by atoms with Crippen LogP contribution in [-0.2, 0) is 0 Å². The number of nitrogens with one attached hydrogen (secondary N) is 1. The molecule has 0 aliphatic carbocycles. The Morgan fingerprint density at radius 2 is 1.95 bits per heavy atom. The first-order valence-corrected chi connectivity index (χ1v) is 7.77. The fourth-order valence-corrected chi connectivity index (χ4v) is 3.26. The van der Waals surface area contributed by atoms with Crippen LogP contribution in [0.3, 0.4) is 0 Å². The van der Waals surface area contributed by atoms with E-state index in [0.29, 0.717) is 5.56 Å². The molecule has 0 unspecified atom stereocenters. The highest BCUT2D eigenvalue weighted by atomic mass is 32.1. The quantitative estimate of drug-likeness (QED) is 0.769. The van der Waals surface area contributed by atoms with E-state index in [0.717, 1.165) is 27.3 Å². The minimum atomic E-state index is -0.344. The van der Waals surface area contributed by atoms with E-state index in [1.54, 1.807) is 11.3 Å². The van der Waals surface area contributed by atoms with Crippen LogP contribution >= 0.6 is 11.3 Å². The van der Waals surface area contributed by atoms with Crippen LogP contribution in [0.25, 0.3) is 21.7 Å². The monoisotopic (exact) mass is 306 g/mol. The van der Waals surface area contributed by atoms with Crippen molar-refractivity contribution in [1.82, 2.24) is 4.98 Å². The lowest BCUT2D eigenvalue weighted by molar-refractivity contribution is 1.22. The van der Waals surface area contributed by atoms with Crippen LogP contribution in [0.5, 0.6) is 0 Å². The maximum absolute atomic E-state index is 12.3. The van der Waals surface area contributed by atoms with Crippen molar-refractivity contribution >= 4 is 11.3 Å². The third-order valence-corrected chi connectivity index (χ3v) is 4.51. The molecule has 0 saturated carbocycles. The number of hydrogen-bond acceptors (Lipinski definition) is 3. The Morgan fingerprint density at radius 3 is 2.59 bits per heavy atom. The van der Waals surface area contributed by atoms with Crippen LogP contribution in [-0.4, -0.2) is 4.98 Å². The molecule has 0 fully saturated rings. The summed E-state index contributed by atoms with van der Waals surface area (Å²) in [6, 6.07) is 13.8. The van der Waals surface area contributed by atoms with Crippen molar-refractivity contribution in [2.75, 3.05) is 0 Å². The molecule has 0 atom stereocenters. The van der Waals surface area contributed by atoms with E-state index >= 15 is 0 Å². The smallest absolute Gasteiger partial charge is 0.266 e. The molecular formula is C18H14N2OS. The highest BCUT2D eigenvalue weighted by Crippen LogP contribution is 2.30. The van der Waals surface area contributed by atoms with Crippen LogP contribution in [0.15, 0.2) is 46.6 Å². The Bertz CT molecular complexity index is 931. The van der Waals surface area contributed by atoms with E-state index in [9.17, 15) is 10.1 Å². The number of aromatic amines is 1. The molecule has 0 aliphatic heterocycles. The number of H-pyrrole nitrogens is 1. The van der Waals surface area contributed by atoms with Crippen molar-refractivity contribution in [1.29, 1.82) is 5.26 Å². The maximum Gasteiger partial charge on any atom is 0.266 e. The molecule has 108 valence electrons. The Labute approximate surface area is 132 Å². The molecule has 4 heteroatoms. The fraction of sp³-hybridized carbons (Fsp3) is 0.111. The third-order valence-electron chi connectivity index (χ3n) is 3.60. The van der Waals surface area contributed by atoms with Crippen molar-refractivity contribution in [3.8, 4) is 27.8 Å². The van der Waals surface area contributed by atoms with Gasteiger partial charge in [0.2, 0.25) is 0 Å². The van der Waals surface area contributed by atoms with E-state index in [2.05, 4.69) is 11.1 Å². The Balaban J connectivity index is 2.30. The van der Waals surface area contributed by atoms with E-state index < -0.39 is 0 Å². The number of nitriles is 1. The number of benzene rings is 1. The summed E-state index contributed by atoms with van der Waals surface area (Å²) in [6.07, 6.45) is 0. The third kappa shape index (κ3) is 2.47. The van der Waals surface area contributed by atoms with Gasteiger partial charge in [-0.2, -0.15) is 5.26 Å². The molecule has 0 spiro atoms. The van der Waals surface area contributed by atoms with Gasteiger partial charge < -0.3 is 4.98 Å². The average Bonchev–Trinajstić information content (AvgIpc) is 3.00. The zero-order chi connectivity index (χ0) is 15.7. The van der Waals surface area contributed by atoms with Crippen LogP contribution in [0.1, 0.15) is 16.7 Å². The summed E-state index contributed by atoms with van der Waals surface area (Å²) in [7, 11) is 0. The van der Waals surface area contributed by atoms with Gasteiger partial charge in [0, 0.05) is 5.56 Å². The van der Waals surface area contributed by atoms with Crippen molar-refractivity contribution in [3.63, 3.8) is 0 Å². The standard InChI is InChI=1S/C18H14N2OS/c1-11-5-6-13(12(2)8-11)14-9-16(17-4-3-7-22-17)20-18(21)15(14)10-19/h3-9H,1-2H3,(H,20,21). The van der Waals surface area contributed by atoms with Crippen LogP contribution in [0.4, 0.5) is 0 Å². The molecule has 2 aromatic heterocycles. The van der Waals surface area contributed by atoms with Crippen LogP contribution in [0.2, 0.25) is 0 Å². The molecule has 3 aromatic rings. The van der Waals surface area contributed by atoms with Gasteiger partial charge in [0.15, 0.2) is 0 Å². The van der Waals surface area contributed by atoms with Gasteiger partial charge >= 0.3 is 0 Å². The minimum Gasteiger partial charge on any atom is -0.320 e. The highest BCUT2D eigenvalue weighted by Gasteiger charge is 2.14. The number of aryl methyl sites for hydroxylation is 2. The number of aromatic nitrogens is 1. The molecule has 0 radical (unpaired) electrons. The van der Waals surface area contributed by atoms with Gasteiger partial charge in [0.1, 0.15) is 11.6 Å². The predicted octanol–water partition coefficient (Wildman–Crippen LogP) is 4.26. The van der Waals surface area contributed by atoms with Crippen LogP contribution < -0.4 is 5.56 Å². The summed E-state index contributed by atoms with van der Waals surface area (Å²) < 4.78 is 0. The summed E-state index contributed by atoms with van der Waals surface area (Å²) in [4.78, 5) is 16.0. The SMILES string of the molecule is Cc1ccc(-c2cc(-c3cccs3)[nH]c(=O)c2C#N)c(C)c1. The number of hydrogen-bond donors (Lipinski definition) is 1. The molecule has 2 heterocycles. The second-order valence-electron chi connectivity index (χ2n) is 5.21. The maximum atomic E-state index is 12.3. The van der Waals surface area contributed by atoms with Crippen molar-refractivity contribution in [2.45, 2.75) is 13.8 Å². The van der Waals surface area contributed by atoms with Crippen molar-refractivity contribution < 1.29 is 0 Å². The van der Waals surface area contributed by atoms with E-state index in [4.69, 9.17) is 0 Å². The van der Waals surface area contributed by atoms with E-state index in [-0.39, 0.29) is 11.1 Å². The lowest BCUT2D eigenvalue weighted by Gasteiger charge is -2.10. The van der Waals surface area contributed by atoms with Crippen LogP contribution in [0, 0.1) is 25.2 Å². The molecular weight excluding hydrogens is 292 g/mol. The second-order valence-corrected chi connectivity index (χ2v) is 6.16. The first kappa shape index (κ1) is 14.3. The average molecular weight is 306 g/mol. The molecule has 0 aliphatic rings. The first-order valence-electron chi connectivity index (χ1n) is 6.89. The van der Waals surface area contributed by atoms with E-state index in [1.807, 2.05) is 55.6 Å². The summed E-state index contributed by atoms with van der Waals surface area (Å²) in [5.41, 5.74) is 4.38. The largest absolute Gasteiger partial charge is 0.320 e. The number of rotatable bonds is 2. The summed E-state index contributed by atoms with van der Waals surface area (Å²) in [5.74, 6) is 0. The Hall–Kier alpha value is -2.64. The molecule has 0 saturated heterocycles. The lowest BCUT2D eigenvalue weighted by atomic mass is 9.95. The van der Waals surface area contributed by atoms with Gasteiger partial charge in [-0.15, -0.1) is 11.3 Å². The van der Waals surface area contributed by atoms with Crippen molar-refractivity contribution in [2.24, 2.45) is 0 Å². The van der Waals surface area contributed by atoms with E-state index in [1.165, 1.54) is 0 Å². The van der Waals surface area contributed by atoms with Gasteiger partial charge in [0.25, 0.3) is 5.56 Å². The zero-order valence-corrected chi connectivity index (χ0v) is 13.1. The normalized spacial score (nSPS) is 10.4. The fourth-order valence-electron chi connectivity index (χ4n) is 2.56.